The molecule has 0 saturated heterocycles. The van der Waals surface area contributed by atoms with Crippen molar-refractivity contribution in [2.45, 2.75) is 33.4 Å². The van der Waals surface area contributed by atoms with Gasteiger partial charge in [0.2, 0.25) is 0 Å². The molecule has 2 rings (SSSR count). The van der Waals surface area contributed by atoms with Gasteiger partial charge in [-0.3, -0.25) is 10.1 Å². The molecule has 0 amide bonds. The Morgan fingerprint density at radius 3 is 2.65 bits per heavy atom. The molecule has 0 atom stereocenters. The molecule has 0 aliphatic rings. The van der Waals surface area contributed by atoms with Gasteiger partial charge in [-0.1, -0.05) is 12.1 Å². The van der Waals surface area contributed by atoms with E-state index in [0.717, 1.165) is 0 Å². The van der Waals surface area contributed by atoms with Crippen LogP contribution in [0.15, 0.2) is 18.2 Å². The van der Waals surface area contributed by atoms with Gasteiger partial charge >= 0.3 is 0 Å². The highest BCUT2D eigenvalue weighted by molar-refractivity contribution is 5.66. The van der Waals surface area contributed by atoms with Crippen molar-refractivity contribution in [1.29, 1.82) is 0 Å². The van der Waals surface area contributed by atoms with Crippen molar-refractivity contribution in [1.82, 2.24) is 14.8 Å². The molecule has 7 heteroatoms. The van der Waals surface area contributed by atoms with E-state index in [9.17, 15) is 10.1 Å². The first kappa shape index (κ1) is 14.1. The second kappa shape index (κ2) is 5.38. The summed E-state index contributed by atoms with van der Waals surface area (Å²) in [6, 6.07) is 5.07. The van der Waals surface area contributed by atoms with Gasteiger partial charge < -0.3 is 10.3 Å². The number of benzene rings is 1. The molecular formula is C13H17N5O2. The average Bonchev–Trinajstić information content (AvgIpc) is 2.82. The van der Waals surface area contributed by atoms with Gasteiger partial charge in [0, 0.05) is 23.2 Å². The summed E-state index contributed by atoms with van der Waals surface area (Å²) >= 11 is 0. The lowest BCUT2D eigenvalue weighted by molar-refractivity contribution is -0.385. The zero-order valence-electron chi connectivity index (χ0n) is 11.7. The van der Waals surface area contributed by atoms with Gasteiger partial charge in [0.15, 0.2) is 5.82 Å². The fourth-order valence-electron chi connectivity index (χ4n) is 2.25. The SMILES string of the molecule is Cc1c(-c2nnc(CN)n2C(C)C)cccc1[N+](=O)[O-]. The van der Waals surface area contributed by atoms with E-state index in [0.29, 0.717) is 22.8 Å². The molecule has 0 bridgehead atoms. The number of nitro groups is 1. The van der Waals surface area contributed by atoms with Crippen molar-refractivity contribution in [2.75, 3.05) is 0 Å². The Morgan fingerprint density at radius 2 is 2.10 bits per heavy atom. The van der Waals surface area contributed by atoms with Gasteiger partial charge in [0.05, 0.1) is 11.5 Å². The molecule has 0 unspecified atom stereocenters. The molecule has 1 aromatic carbocycles. The number of aromatic nitrogens is 3. The fourth-order valence-corrected chi connectivity index (χ4v) is 2.25. The molecule has 0 fully saturated rings. The molecule has 106 valence electrons. The lowest BCUT2D eigenvalue weighted by atomic mass is 10.1. The van der Waals surface area contributed by atoms with Crippen LogP contribution in [0.25, 0.3) is 11.4 Å². The minimum Gasteiger partial charge on any atom is -0.324 e. The second-order valence-corrected chi connectivity index (χ2v) is 4.81. The maximum Gasteiger partial charge on any atom is 0.273 e. The minimum absolute atomic E-state index is 0.0788. The normalized spacial score (nSPS) is 11.1. The standard InChI is InChI=1S/C13H17N5O2/c1-8(2)17-12(7-14)15-16-13(17)10-5-4-6-11(9(10)3)18(19)20/h4-6,8H,7,14H2,1-3H3. The summed E-state index contributed by atoms with van der Waals surface area (Å²) in [6.07, 6.45) is 0. The molecule has 0 radical (unpaired) electrons. The van der Waals surface area contributed by atoms with E-state index in [4.69, 9.17) is 5.73 Å². The van der Waals surface area contributed by atoms with Gasteiger partial charge in [-0.2, -0.15) is 0 Å². The number of nitrogens with zero attached hydrogens (tertiary/aromatic N) is 4. The molecule has 1 aromatic heterocycles. The summed E-state index contributed by atoms with van der Waals surface area (Å²) in [4.78, 5) is 10.6. The molecule has 2 N–H and O–H groups in total. The number of nitro benzene ring substituents is 1. The maximum absolute atomic E-state index is 11.0. The van der Waals surface area contributed by atoms with E-state index in [-0.39, 0.29) is 18.3 Å². The predicted molar refractivity (Wildman–Crippen MR) is 75.1 cm³/mol. The molecule has 20 heavy (non-hydrogen) atoms. The van der Waals surface area contributed by atoms with Gasteiger partial charge in [0.25, 0.3) is 5.69 Å². The molecule has 0 aliphatic carbocycles. The number of hydrogen-bond donors (Lipinski definition) is 1. The highest BCUT2D eigenvalue weighted by Gasteiger charge is 2.20. The first-order valence-corrected chi connectivity index (χ1v) is 6.35. The van der Waals surface area contributed by atoms with Crippen LogP contribution < -0.4 is 5.73 Å². The summed E-state index contributed by atoms with van der Waals surface area (Å²) in [6.45, 7) is 5.99. The van der Waals surface area contributed by atoms with Crippen LogP contribution in [0.2, 0.25) is 0 Å². The highest BCUT2D eigenvalue weighted by Crippen LogP contribution is 2.30. The smallest absolute Gasteiger partial charge is 0.273 e. The molecular weight excluding hydrogens is 258 g/mol. The van der Waals surface area contributed by atoms with Crippen LogP contribution in [0, 0.1) is 17.0 Å². The van der Waals surface area contributed by atoms with Crippen LogP contribution in [0.1, 0.15) is 31.3 Å². The topological polar surface area (TPSA) is 99.9 Å². The van der Waals surface area contributed by atoms with Crippen molar-refractivity contribution in [2.24, 2.45) is 5.73 Å². The Labute approximate surface area is 116 Å². The van der Waals surface area contributed by atoms with Crippen molar-refractivity contribution in [3.63, 3.8) is 0 Å². The maximum atomic E-state index is 11.0. The Morgan fingerprint density at radius 1 is 1.40 bits per heavy atom. The number of hydrogen-bond acceptors (Lipinski definition) is 5. The van der Waals surface area contributed by atoms with Crippen molar-refractivity contribution < 1.29 is 4.92 Å². The van der Waals surface area contributed by atoms with E-state index in [1.807, 2.05) is 24.5 Å². The van der Waals surface area contributed by atoms with Crippen molar-refractivity contribution in [3.05, 3.63) is 39.7 Å². The van der Waals surface area contributed by atoms with E-state index in [1.54, 1.807) is 13.0 Å². The molecule has 0 spiro atoms. The second-order valence-electron chi connectivity index (χ2n) is 4.81. The summed E-state index contributed by atoms with van der Waals surface area (Å²) in [5.74, 6) is 1.28. The minimum atomic E-state index is -0.390. The van der Waals surface area contributed by atoms with Crippen LogP contribution in [-0.4, -0.2) is 19.7 Å². The Bertz CT molecular complexity index is 648. The molecule has 1 heterocycles. The van der Waals surface area contributed by atoms with E-state index in [1.165, 1.54) is 6.07 Å². The lowest BCUT2D eigenvalue weighted by Crippen LogP contribution is -2.12. The van der Waals surface area contributed by atoms with Crippen molar-refractivity contribution >= 4 is 5.69 Å². The fraction of sp³-hybridized carbons (Fsp3) is 0.385. The number of nitrogens with two attached hydrogens (primary N) is 1. The van der Waals surface area contributed by atoms with Crippen LogP contribution in [-0.2, 0) is 6.54 Å². The van der Waals surface area contributed by atoms with E-state index >= 15 is 0 Å². The highest BCUT2D eigenvalue weighted by atomic mass is 16.6. The van der Waals surface area contributed by atoms with Gasteiger partial charge in [-0.25, -0.2) is 0 Å². The zero-order valence-corrected chi connectivity index (χ0v) is 11.7. The van der Waals surface area contributed by atoms with Gasteiger partial charge in [0.1, 0.15) is 5.82 Å². The summed E-state index contributed by atoms with van der Waals surface area (Å²) in [7, 11) is 0. The molecule has 2 aromatic rings. The monoisotopic (exact) mass is 275 g/mol. The predicted octanol–water partition coefficient (Wildman–Crippen LogP) is 2.20. The Kier molecular flexibility index (Phi) is 3.80. The first-order chi connectivity index (χ1) is 9.47. The van der Waals surface area contributed by atoms with Crippen LogP contribution >= 0.6 is 0 Å². The zero-order chi connectivity index (χ0) is 14.9. The average molecular weight is 275 g/mol. The third-order valence-electron chi connectivity index (χ3n) is 3.21. The van der Waals surface area contributed by atoms with E-state index in [2.05, 4.69) is 10.2 Å². The summed E-state index contributed by atoms with van der Waals surface area (Å²) in [5.41, 5.74) is 7.03. The lowest BCUT2D eigenvalue weighted by Gasteiger charge is -2.14. The Balaban J connectivity index is 2.66. The third kappa shape index (κ3) is 2.27. The summed E-state index contributed by atoms with van der Waals surface area (Å²) < 4.78 is 1.91. The summed E-state index contributed by atoms with van der Waals surface area (Å²) in [5, 5.41) is 19.2. The van der Waals surface area contributed by atoms with Gasteiger partial charge in [-0.15, -0.1) is 10.2 Å². The molecule has 0 saturated carbocycles. The van der Waals surface area contributed by atoms with Gasteiger partial charge in [-0.05, 0) is 20.8 Å². The van der Waals surface area contributed by atoms with Crippen molar-refractivity contribution in [3.8, 4) is 11.4 Å². The number of rotatable bonds is 4. The molecule has 0 aliphatic heterocycles. The first-order valence-electron chi connectivity index (χ1n) is 6.35. The molecule has 7 nitrogen and oxygen atoms in total. The quantitative estimate of drug-likeness (QED) is 0.681. The van der Waals surface area contributed by atoms with E-state index < -0.39 is 4.92 Å². The van der Waals surface area contributed by atoms with Crippen LogP contribution in [0.4, 0.5) is 5.69 Å². The third-order valence-corrected chi connectivity index (χ3v) is 3.21. The largest absolute Gasteiger partial charge is 0.324 e. The van der Waals surface area contributed by atoms with Crippen LogP contribution in [0.5, 0.6) is 0 Å². The Hall–Kier alpha value is -2.28. The van der Waals surface area contributed by atoms with Crippen LogP contribution in [0.3, 0.4) is 0 Å².